The van der Waals surface area contributed by atoms with Crippen molar-refractivity contribution < 1.29 is 9.53 Å². The molecule has 0 aliphatic carbocycles. The summed E-state index contributed by atoms with van der Waals surface area (Å²) in [6.07, 6.45) is 0. The first-order valence-corrected chi connectivity index (χ1v) is 4.30. The van der Waals surface area contributed by atoms with E-state index in [0.29, 0.717) is 13.2 Å². The molecule has 1 N–H and O–H groups in total. The maximum atomic E-state index is 10.8. The minimum Gasteiger partial charge on any atom is -0.463 e. The van der Waals surface area contributed by atoms with Gasteiger partial charge in [-0.25, -0.2) is 0 Å². The van der Waals surface area contributed by atoms with Gasteiger partial charge in [0.2, 0.25) is 0 Å². The predicted molar refractivity (Wildman–Crippen MR) is 58.5 cm³/mol. The topological polar surface area (TPSA) is 38.3 Å². The second kappa shape index (κ2) is 5.02. The van der Waals surface area contributed by atoms with Crippen molar-refractivity contribution >= 4 is 19.5 Å². The Bertz CT molecular complexity index is 292. The van der Waals surface area contributed by atoms with Gasteiger partial charge in [-0.1, -0.05) is 30.3 Å². The van der Waals surface area contributed by atoms with E-state index in [-0.39, 0.29) is 25.5 Å². The first-order chi connectivity index (χ1) is 6.36. The fourth-order valence-corrected chi connectivity index (χ4v) is 1.39. The number of cyclic esters (lactones) is 1. The first kappa shape index (κ1) is 11.1. The molecule has 0 aromatic heterocycles. The molecule has 2 rings (SSSR count). The summed E-state index contributed by atoms with van der Waals surface area (Å²) in [5, 5.41) is 3.11. The van der Waals surface area contributed by atoms with Crippen molar-refractivity contribution in [2.45, 2.75) is 6.04 Å². The molecular formula is C10H13NO2S. The van der Waals surface area contributed by atoms with Gasteiger partial charge >= 0.3 is 5.97 Å². The smallest absolute Gasteiger partial charge is 0.320 e. The van der Waals surface area contributed by atoms with Crippen LogP contribution >= 0.6 is 13.5 Å². The Kier molecular flexibility index (Phi) is 3.98. The number of morpholine rings is 1. The molecule has 0 saturated carbocycles. The van der Waals surface area contributed by atoms with E-state index in [2.05, 4.69) is 5.32 Å². The molecule has 1 saturated heterocycles. The van der Waals surface area contributed by atoms with E-state index in [1.807, 2.05) is 30.3 Å². The number of nitrogens with one attached hydrogen (secondary N) is 1. The highest BCUT2D eigenvalue weighted by molar-refractivity contribution is 7.59. The summed E-state index contributed by atoms with van der Waals surface area (Å²) < 4.78 is 4.94. The van der Waals surface area contributed by atoms with Crippen LogP contribution in [0.15, 0.2) is 30.3 Å². The first-order valence-electron chi connectivity index (χ1n) is 4.30. The summed E-state index contributed by atoms with van der Waals surface area (Å²) in [5.74, 6) is -0.174. The maximum Gasteiger partial charge on any atom is 0.320 e. The number of hydrogen-bond donors (Lipinski definition) is 1. The van der Waals surface area contributed by atoms with Gasteiger partial charge < -0.3 is 4.74 Å². The molecule has 1 aliphatic rings. The molecule has 1 heterocycles. The number of benzene rings is 1. The van der Waals surface area contributed by atoms with Gasteiger partial charge in [-0.05, 0) is 5.56 Å². The molecule has 0 unspecified atom stereocenters. The molecule has 3 nitrogen and oxygen atoms in total. The summed E-state index contributed by atoms with van der Waals surface area (Å²) in [6.45, 7) is 0.738. The van der Waals surface area contributed by atoms with Crippen molar-refractivity contribution in [2.24, 2.45) is 0 Å². The normalized spacial score (nSPS) is 20.9. The van der Waals surface area contributed by atoms with Crippen LogP contribution in [0.2, 0.25) is 0 Å². The van der Waals surface area contributed by atoms with Crippen LogP contribution in [0.25, 0.3) is 0 Å². The van der Waals surface area contributed by atoms with Crippen molar-refractivity contribution in [3.8, 4) is 0 Å². The molecule has 1 aromatic rings. The SMILES string of the molecule is O=C1CN[C@@H](c2ccccc2)CO1.S. The Balaban J connectivity index is 0.000000980. The zero-order chi connectivity index (χ0) is 9.10. The van der Waals surface area contributed by atoms with E-state index in [4.69, 9.17) is 4.74 Å². The zero-order valence-corrected chi connectivity index (χ0v) is 8.69. The fourth-order valence-electron chi connectivity index (χ4n) is 1.39. The minimum absolute atomic E-state index is 0. The second-order valence-corrected chi connectivity index (χ2v) is 3.03. The highest BCUT2D eigenvalue weighted by Crippen LogP contribution is 2.14. The van der Waals surface area contributed by atoms with E-state index < -0.39 is 0 Å². The van der Waals surface area contributed by atoms with Crippen LogP contribution in [0.1, 0.15) is 11.6 Å². The van der Waals surface area contributed by atoms with Crippen LogP contribution in [-0.2, 0) is 9.53 Å². The quantitative estimate of drug-likeness (QED) is 0.704. The van der Waals surface area contributed by atoms with Crippen LogP contribution in [0.4, 0.5) is 0 Å². The molecule has 0 radical (unpaired) electrons. The second-order valence-electron chi connectivity index (χ2n) is 3.03. The molecular weight excluding hydrogens is 198 g/mol. The summed E-state index contributed by atoms with van der Waals surface area (Å²) in [5.41, 5.74) is 1.16. The Morgan fingerprint density at radius 1 is 1.29 bits per heavy atom. The molecule has 0 spiro atoms. The Labute approximate surface area is 89.9 Å². The zero-order valence-electron chi connectivity index (χ0n) is 7.69. The predicted octanol–water partition coefficient (Wildman–Crippen LogP) is 0.987. The van der Waals surface area contributed by atoms with Crippen molar-refractivity contribution in [3.63, 3.8) is 0 Å². The lowest BCUT2D eigenvalue weighted by Gasteiger charge is -2.23. The van der Waals surface area contributed by atoms with E-state index >= 15 is 0 Å². The third-order valence-electron chi connectivity index (χ3n) is 2.11. The van der Waals surface area contributed by atoms with Gasteiger partial charge in [0.25, 0.3) is 0 Å². The van der Waals surface area contributed by atoms with Gasteiger partial charge in [0.1, 0.15) is 6.61 Å². The largest absolute Gasteiger partial charge is 0.463 e. The number of esters is 1. The maximum absolute atomic E-state index is 10.8. The van der Waals surface area contributed by atoms with Crippen LogP contribution in [-0.4, -0.2) is 19.1 Å². The van der Waals surface area contributed by atoms with E-state index in [0.717, 1.165) is 5.56 Å². The molecule has 1 aliphatic heterocycles. The minimum atomic E-state index is -0.174. The molecule has 1 atom stereocenters. The van der Waals surface area contributed by atoms with Gasteiger partial charge in [0.05, 0.1) is 12.6 Å². The molecule has 76 valence electrons. The van der Waals surface area contributed by atoms with Crippen LogP contribution < -0.4 is 5.32 Å². The molecule has 0 amide bonds. The average Bonchev–Trinajstić information content (AvgIpc) is 2.20. The Morgan fingerprint density at radius 3 is 2.57 bits per heavy atom. The van der Waals surface area contributed by atoms with Crippen molar-refractivity contribution in [1.29, 1.82) is 0 Å². The lowest BCUT2D eigenvalue weighted by atomic mass is 10.1. The number of hydrogen-bond acceptors (Lipinski definition) is 3. The van der Waals surface area contributed by atoms with Gasteiger partial charge in [0.15, 0.2) is 0 Å². The fraction of sp³-hybridized carbons (Fsp3) is 0.300. The summed E-state index contributed by atoms with van der Waals surface area (Å²) in [6, 6.07) is 10.1. The van der Waals surface area contributed by atoms with Crippen LogP contribution in [0, 0.1) is 0 Å². The molecule has 14 heavy (non-hydrogen) atoms. The average molecular weight is 211 g/mol. The lowest BCUT2D eigenvalue weighted by molar-refractivity contribution is -0.147. The number of ether oxygens (including phenoxy) is 1. The van der Waals surface area contributed by atoms with E-state index in [1.54, 1.807) is 0 Å². The van der Waals surface area contributed by atoms with E-state index in [9.17, 15) is 4.79 Å². The van der Waals surface area contributed by atoms with Gasteiger partial charge in [-0.15, -0.1) is 0 Å². The van der Waals surface area contributed by atoms with E-state index in [1.165, 1.54) is 0 Å². The van der Waals surface area contributed by atoms with Crippen molar-refractivity contribution in [1.82, 2.24) is 5.32 Å². The van der Waals surface area contributed by atoms with Crippen molar-refractivity contribution in [2.75, 3.05) is 13.2 Å². The molecule has 4 heteroatoms. The highest BCUT2D eigenvalue weighted by atomic mass is 32.1. The van der Waals surface area contributed by atoms with Gasteiger partial charge in [-0.2, -0.15) is 13.5 Å². The third-order valence-corrected chi connectivity index (χ3v) is 2.11. The third kappa shape index (κ3) is 2.49. The van der Waals surface area contributed by atoms with Crippen LogP contribution in [0.3, 0.4) is 0 Å². The molecule has 1 aromatic carbocycles. The molecule has 0 bridgehead atoms. The number of carbonyl (C=O) groups excluding carboxylic acids is 1. The van der Waals surface area contributed by atoms with Crippen molar-refractivity contribution in [3.05, 3.63) is 35.9 Å². The van der Waals surface area contributed by atoms with Gasteiger partial charge in [-0.3, -0.25) is 10.1 Å². The monoisotopic (exact) mass is 211 g/mol. The summed E-state index contributed by atoms with van der Waals surface area (Å²) in [4.78, 5) is 10.8. The highest BCUT2D eigenvalue weighted by Gasteiger charge is 2.19. The standard InChI is InChI=1S/C10H11NO2.H2S/c12-10-6-11-9(7-13-10)8-4-2-1-3-5-8;/h1-5,9,11H,6-7H2;1H2/t9-;/m1./s1. The lowest BCUT2D eigenvalue weighted by Crippen LogP contribution is -2.38. The Morgan fingerprint density at radius 2 is 2.00 bits per heavy atom. The summed E-state index contributed by atoms with van der Waals surface area (Å²) in [7, 11) is 0. The summed E-state index contributed by atoms with van der Waals surface area (Å²) >= 11 is 0. The molecule has 1 fully saturated rings. The van der Waals surface area contributed by atoms with Gasteiger partial charge in [0, 0.05) is 0 Å². The number of rotatable bonds is 1. The number of carbonyl (C=O) groups is 1. The van der Waals surface area contributed by atoms with Crippen LogP contribution in [0.5, 0.6) is 0 Å². The Hall–Kier alpha value is -1.000.